The summed E-state index contributed by atoms with van der Waals surface area (Å²) < 4.78 is 5.59. The summed E-state index contributed by atoms with van der Waals surface area (Å²) in [6.45, 7) is 6.24. The number of nitrogens with zero attached hydrogens (tertiary/aromatic N) is 1. The Balaban J connectivity index is 1.91. The van der Waals surface area contributed by atoms with Gasteiger partial charge in [0.1, 0.15) is 5.58 Å². The summed E-state index contributed by atoms with van der Waals surface area (Å²) in [6.07, 6.45) is 4.82. The van der Waals surface area contributed by atoms with Crippen molar-refractivity contribution < 1.29 is 14.3 Å². The van der Waals surface area contributed by atoms with E-state index in [1.54, 1.807) is 0 Å². The first-order chi connectivity index (χ1) is 11.1. The van der Waals surface area contributed by atoms with Crippen LogP contribution in [0, 0.1) is 5.92 Å². The summed E-state index contributed by atoms with van der Waals surface area (Å²) >= 11 is 0. The lowest BCUT2D eigenvalue weighted by atomic mass is 9.94. The van der Waals surface area contributed by atoms with Crippen LogP contribution in [0.2, 0.25) is 0 Å². The van der Waals surface area contributed by atoms with Crippen molar-refractivity contribution in [3.63, 3.8) is 0 Å². The normalized spacial score (nSPS) is 20.2. The van der Waals surface area contributed by atoms with Crippen LogP contribution < -0.4 is 0 Å². The number of likely N-dealkylation sites (tertiary alicyclic amines) is 1. The van der Waals surface area contributed by atoms with Crippen LogP contribution in [0.15, 0.2) is 28.7 Å². The molecule has 1 aromatic carbocycles. The van der Waals surface area contributed by atoms with Crippen LogP contribution in [0.4, 0.5) is 0 Å². The number of carboxylic acid groups (broad SMARTS) is 1. The Morgan fingerprint density at radius 1 is 1.43 bits per heavy atom. The number of carboxylic acids is 1. The summed E-state index contributed by atoms with van der Waals surface area (Å²) in [7, 11) is 0. The second-order valence-electron chi connectivity index (χ2n) is 6.66. The fraction of sp³-hybridized carbons (Fsp3) is 0.526. The molecule has 1 N–H and O–H groups in total. The number of hydrogen-bond donors (Lipinski definition) is 1. The Labute approximate surface area is 137 Å². The molecule has 0 saturated carbocycles. The average molecular weight is 315 g/mol. The molecule has 124 valence electrons. The zero-order chi connectivity index (χ0) is 16.4. The van der Waals surface area contributed by atoms with Crippen molar-refractivity contribution in [3.05, 3.63) is 35.6 Å². The molecule has 23 heavy (non-hydrogen) atoms. The predicted octanol–water partition coefficient (Wildman–Crippen LogP) is 4.53. The smallest absolute Gasteiger partial charge is 0.372 e. The van der Waals surface area contributed by atoms with Gasteiger partial charge in [0, 0.05) is 23.5 Å². The average Bonchev–Trinajstić information content (AvgIpc) is 3.13. The highest BCUT2D eigenvalue weighted by Crippen LogP contribution is 2.32. The zero-order valence-corrected chi connectivity index (χ0v) is 13.9. The molecular formula is C19H25NO3. The first-order valence-electron chi connectivity index (χ1n) is 8.59. The maximum Gasteiger partial charge on any atom is 0.372 e. The molecule has 4 nitrogen and oxygen atoms in total. The van der Waals surface area contributed by atoms with Crippen molar-refractivity contribution in [2.24, 2.45) is 5.92 Å². The Morgan fingerprint density at radius 2 is 2.22 bits per heavy atom. The van der Waals surface area contributed by atoms with Crippen LogP contribution in [-0.4, -0.2) is 28.6 Å². The van der Waals surface area contributed by atoms with Gasteiger partial charge in [-0.2, -0.15) is 0 Å². The van der Waals surface area contributed by atoms with Gasteiger partial charge in [-0.15, -0.1) is 0 Å². The van der Waals surface area contributed by atoms with Crippen molar-refractivity contribution in [3.8, 4) is 0 Å². The molecule has 0 amide bonds. The molecule has 2 aromatic rings. The minimum absolute atomic E-state index is 0.0972. The standard InChI is InChI=1S/C19H25NO3/c1-3-7-13(2)16-9-6-11-20(16)12-15-14-8-4-5-10-17(14)23-18(15)19(21)22/h4-5,8,10,13,16H,3,6-7,9,11-12H2,1-2H3,(H,21,22). The van der Waals surface area contributed by atoms with E-state index >= 15 is 0 Å². The number of hydrogen-bond acceptors (Lipinski definition) is 3. The van der Waals surface area contributed by atoms with E-state index in [2.05, 4.69) is 18.7 Å². The lowest BCUT2D eigenvalue weighted by Crippen LogP contribution is -2.34. The largest absolute Gasteiger partial charge is 0.475 e. The van der Waals surface area contributed by atoms with Crippen molar-refractivity contribution in [2.75, 3.05) is 6.54 Å². The van der Waals surface area contributed by atoms with E-state index in [4.69, 9.17) is 4.42 Å². The Kier molecular flexibility index (Phi) is 4.71. The molecule has 1 saturated heterocycles. The van der Waals surface area contributed by atoms with E-state index in [1.165, 1.54) is 25.7 Å². The highest BCUT2D eigenvalue weighted by atomic mass is 16.4. The lowest BCUT2D eigenvalue weighted by Gasteiger charge is -2.29. The van der Waals surface area contributed by atoms with Crippen molar-refractivity contribution in [1.29, 1.82) is 0 Å². The van der Waals surface area contributed by atoms with Crippen LogP contribution in [0.1, 0.15) is 55.6 Å². The zero-order valence-electron chi connectivity index (χ0n) is 13.9. The van der Waals surface area contributed by atoms with Crippen LogP contribution >= 0.6 is 0 Å². The predicted molar refractivity (Wildman–Crippen MR) is 90.7 cm³/mol. The van der Waals surface area contributed by atoms with Gasteiger partial charge in [-0.05, 0) is 37.8 Å². The van der Waals surface area contributed by atoms with E-state index in [9.17, 15) is 9.90 Å². The van der Waals surface area contributed by atoms with Crippen molar-refractivity contribution in [1.82, 2.24) is 4.90 Å². The molecule has 2 unspecified atom stereocenters. The van der Waals surface area contributed by atoms with Crippen molar-refractivity contribution in [2.45, 2.75) is 52.1 Å². The fourth-order valence-electron chi connectivity index (χ4n) is 3.97. The first-order valence-corrected chi connectivity index (χ1v) is 8.59. The lowest BCUT2D eigenvalue weighted by molar-refractivity contribution is 0.0660. The third-order valence-corrected chi connectivity index (χ3v) is 5.07. The molecule has 3 rings (SSSR count). The molecule has 1 aliphatic heterocycles. The molecule has 0 radical (unpaired) electrons. The topological polar surface area (TPSA) is 53.7 Å². The van der Waals surface area contributed by atoms with Gasteiger partial charge in [-0.1, -0.05) is 38.5 Å². The maximum atomic E-state index is 11.6. The number of benzene rings is 1. The molecule has 1 aromatic heterocycles. The second kappa shape index (κ2) is 6.75. The van der Waals surface area contributed by atoms with Gasteiger partial charge in [0.25, 0.3) is 0 Å². The van der Waals surface area contributed by atoms with Gasteiger partial charge in [0.05, 0.1) is 0 Å². The highest BCUT2D eigenvalue weighted by Gasteiger charge is 2.31. The SMILES string of the molecule is CCCC(C)C1CCCN1Cc1c(C(=O)O)oc2ccccc12. The fourth-order valence-corrected chi connectivity index (χ4v) is 3.97. The molecule has 1 fully saturated rings. The third kappa shape index (κ3) is 3.13. The molecule has 0 spiro atoms. The van der Waals surface area contributed by atoms with E-state index < -0.39 is 5.97 Å². The van der Waals surface area contributed by atoms with E-state index in [1.807, 2.05) is 24.3 Å². The van der Waals surface area contributed by atoms with E-state index in [0.717, 1.165) is 17.5 Å². The van der Waals surface area contributed by atoms with Crippen LogP contribution in [0.3, 0.4) is 0 Å². The summed E-state index contributed by atoms with van der Waals surface area (Å²) in [5, 5.41) is 10.4. The molecule has 4 heteroatoms. The second-order valence-corrected chi connectivity index (χ2v) is 6.66. The Hall–Kier alpha value is -1.81. The molecule has 1 aliphatic rings. The van der Waals surface area contributed by atoms with E-state index in [0.29, 0.717) is 24.1 Å². The number of para-hydroxylation sites is 1. The molecule has 0 aliphatic carbocycles. The van der Waals surface area contributed by atoms with Gasteiger partial charge >= 0.3 is 5.97 Å². The summed E-state index contributed by atoms with van der Waals surface area (Å²) in [6, 6.07) is 8.16. The number of fused-ring (bicyclic) bond motifs is 1. The molecule has 2 atom stereocenters. The van der Waals surface area contributed by atoms with Crippen LogP contribution in [0.25, 0.3) is 11.0 Å². The first kappa shape index (κ1) is 16.1. The van der Waals surface area contributed by atoms with Crippen LogP contribution in [-0.2, 0) is 6.54 Å². The molecule has 2 heterocycles. The molecular weight excluding hydrogens is 290 g/mol. The monoisotopic (exact) mass is 315 g/mol. The van der Waals surface area contributed by atoms with Crippen LogP contribution in [0.5, 0.6) is 0 Å². The molecule has 0 bridgehead atoms. The number of furan rings is 1. The quantitative estimate of drug-likeness (QED) is 0.851. The summed E-state index contributed by atoms with van der Waals surface area (Å²) in [5.74, 6) is -0.234. The van der Waals surface area contributed by atoms with Gasteiger partial charge in [-0.3, -0.25) is 4.90 Å². The van der Waals surface area contributed by atoms with E-state index in [-0.39, 0.29) is 5.76 Å². The number of carbonyl (C=O) groups is 1. The van der Waals surface area contributed by atoms with Crippen molar-refractivity contribution >= 4 is 16.9 Å². The summed E-state index contributed by atoms with van der Waals surface area (Å²) in [4.78, 5) is 14.0. The minimum atomic E-state index is -0.978. The van der Waals surface area contributed by atoms with Gasteiger partial charge in [0.2, 0.25) is 5.76 Å². The highest BCUT2D eigenvalue weighted by molar-refractivity contribution is 5.95. The minimum Gasteiger partial charge on any atom is -0.475 e. The van der Waals surface area contributed by atoms with Gasteiger partial charge in [-0.25, -0.2) is 4.79 Å². The third-order valence-electron chi connectivity index (χ3n) is 5.07. The number of aromatic carboxylic acids is 1. The number of rotatable bonds is 6. The Morgan fingerprint density at radius 3 is 2.96 bits per heavy atom. The van der Waals surface area contributed by atoms with Gasteiger partial charge in [0.15, 0.2) is 0 Å². The maximum absolute atomic E-state index is 11.6. The summed E-state index contributed by atoms with van der Waals surface area (Å²) in [5.41, 5.74) is 1.49. The van der Waals surface area contributed by atoms with Gasteiger partial charge < -0.3 is 9.52 Å². The Bertz CT molecular complexity index is 691.